The molecule has 0 amide bonds. The summed E-state index contributed by atoms with van der Waals surface area (Å²) in [4.78, 5) is 15.0. The summed E-state index contributed by atoms with van der Waals surface area (Å²) in [5, 5.41) is 2.32. The number of aromatic nitrogens is 1. The van der Waals surface area contributed by atoms with Gasteiger partial charge < -0.3 is 4.74 Å². The standard InChI is InChI=1S/C17H12BrNO2/c18-14-8-17(16(10-20)19-9-14)21-11-13-6-3-5-12-4-1-2-7-15(12)13/h1-10H,11H2. The third kappa shape index (κ3) is 2.95. The van der Waals surface area contributed by atoms with Gasteiger partial charge in [-0.1, -0.05) is 42.5 Å². The van der Waals surface area contributed by atoms with Gasteiger partial charge in [0.05, 0.1) is 0 Å². The molecule has 0 aliphatic rings. The Bertz CT molecular complexity index is 796. The van der Waals surface area contributed by atoms with Gasteiger partial charge in [-0.3, -0.25) is 4.79 Å². The Morgan fingerprint density at radius 3 is 2.81 bits per heavy atom. The number of carbonyl (C=O) groups excluding carboxylic acids is 1. The lowest BCUT2D eigenvalue weighted by Gasteiger charge is -2.10. The third-order valence-electron chi connectivity index (χ3n) is 3.22. The van der Waals surface area contributed by atoms with Gasteiger partial charge in [0.25, 0.3) is 0 Å². The van der Waals surface area contributed by atoms with Gasteiger partial charge in [0, 0.05) is 10.7 Å². The number of rotatable bonds is 4. The van der Waals surface area contributed by atoms with E-state index in [1.54, 1.807) is 12.3 Å². The van der Waals surface area contributed by atoms with Crippen LogP contribution in [0.5, 0.6) is 5.75 Å². The van der Waals surface area contributed by atoms with E-state index in [4.69, 9.17) is 4.74 Å². The molecule has 21 heavy (non-hydrogen) atoms. The van der Waals surface area contributed by atoms with E-state index >= 15 is 0 Å². The average molecular weight is 342 g/mol. The second-order valence-corrected chi connectivity index (χ2v) is 5.50. The van der Waals surface area contributed by atoms with Crippen LogP contribution in [0.2, 0.25) is 0 Å². The van der Waals surface area contributed by atoms with Crippen molar-refractivity contribution in [2.45, 2.75) is 6.61 Å². The van der Waals surface area contributed by atoms with Crippen molar-refractivity contribution in [2.75, 3.05) is 0 Å². The Morgan fingerprint density at radius 2 is 1.95 bits per heavy atom. The second-order valence-electron chi connectivity index (χ2n) is 4.58. The maximum Gasteiger partial charge on any atom is 0.172 e. The first-order valence-corrected chi connectivity index (χ1v) is 7.27. The van der Waals surface area contributed by atoms with Crippen molar-refractivity contribution in [3.8, 4) is 5.75 Å². The van der Waals surface area contributed by atoms with Crippen molar-refractivity contribution < 1.29 is 9.53 Å². The lowest BCUT2D eigenvalue weighted by molar-refractivity contribution is 0.111. The van der Waals surface area contributed by atoms with E-state index in [0.29, 0.717) is 24.3 Å². The summed E-state index contributed by atoms with van der Waals surface area (Å²) in [5.41, 5.74) is 1.38. The van der Waals surface area contributed by atoms with Crippen LogP contribution in [-0.4, -0.2) is 11.3 Å². The zero-order valence-corrected chi connectivity index (χ0v) is 12.7. The number of carbonyl (C=O) groups is 1. The zero-order valence-electron chi connectivity index (χ0n) is 11.1. The molecule has 0 spiro atoms. The molecule has 0 aliphatic heterocycles. The van der Waals surface area contributed by atoms with Crippen molar-refractivity contribution in [3.05, 3.63) is 70.5 Å². The van der Waals surface area contributed by atoms with E-state index in [-0.39, 0.29) is 0 Å². The summed E-state index contributed by atoms with van der Waals surface area (Å²) in [6, 6.07) is 16.0. The van der Waals surface area contributed by atoms with Gasteiger partial charge in [0.1, 0.15) is 18.1 Å². The SMILES string of the molecule is O=Cc1ncc(Br)cc1OCc1cccc2ccccc12. The highest BCUT2D eigenvalue weighted by Crippen LogP contribution is 2.23. The fraction of sp³-hybridized carbons (Fsp3) is 0.0588. The highest BCUT2D eigenvalue weighted by Gasteiger charge is 2.07. The summed E-state index contributed by atoms with van der Waals surface area (Å²) in [7, 11) is 0. The number of halogens is 1. The van der Waals surface area contributed by atoms with Crippen molar-refractivity contribution >= 4 is 33.0 Å². The maximum atomic E-state index is 11.0. The Labute approximate surface area is 130 Å². The second kappa shape index (κ2) is 6.06. The average Bonchev–Trinajstić information content (AvgIpc) is 2.53. The molecule has 3 aromatic rings. The van der Waals surface area contributed by atoms with Gasteiger partial charge in [0.15, 0.2) is 6.29 Å². The predicted octanol–water partition coefficient (Wildman–Crippen LogP) is 4.39. The van der Waals surface area contributed by atoms with E-state index in [0.717, 1.165) is 15.4 Å². The highest BCUT2D eigenvalue weighted by atomic mass is 79.9. The largest absolute Gasteiger partial charge is 0.486 e. The fourth-order valence-electron chi connectivity index (χ4n) is 2.21. The van der Waals surface area contributed by atoms with Gasteiger partial charge in [-0.05, 0) is 38.3 Å². The molecule has 0 N–H and O–H groups in total. The Balaban J connectivity index is 1.90. The third-order valence-corrected chi connectivity index (χ3v) is 3.66. The Morgan fingerprint density at radius 1 is 1.14 bits per heavy atom. The highest BCUT2D eigenvalue weighted by molar-refractivity contribution is 9.10. The first-order valence-electron chi connectivity index (χ1n) is 6.48. The van der Waals surface area contributed by atoms with Gasteiger partial charge in [-0.15, -0.1) is 0 Å². The molecule has 0 saturated heterocycles. The van der Waals surface area contributed by atoms with Crippen LogP contribution in [0.4, 0.5) is 0 Å². The van der Waals surface area contributed by atoms with E-state index < -0.39 is 0 Å². The number of nitrogens with zero attached hydrogens (tertiary/aromatic N) is 1. The van der Waals surface area contributed by atoms with Gasteiger partial charge in [-0.25, -0.2) is 4.98 Å². The summed E-state index contributed by atoms with van der Waals surface area (Å²) >= 11 is 3.33. The van der Waals surface area contributed by atoms with Crippen LogP contribution in [0.15, 0.2) is 59.2 Å². The summed E-state index contributed by atoms with van der Waals surface area (Å²) in [6.45, 7) is 0.389. The lowest BCUT2D eigenvalue weighted by atomic mass is 10.1. The zero-order chi connectivity index (χ0) is 14.7. The number of fused-ring (bicyclic) bond motifs is 1. The molecule has 0 saturated carbocycles. The quantitative estimate of drug-likeness (QED) is 0.660. The van der Waals surface area contributed by atoms with Gasteiger partial charge in [-0.2, -0.15) is 0 Å². The molecular formula is C17H12BrNO2. The summed E-state index contributed by atoms with van der Waals surface area (Å²) in [5.74, 6) is 0.479. The smallest absolute Gasteiger partial charge is 0.172 e. The molecule has 0 bridgehead atoms. The fourth-order valence-corrected chi connectivity index (χ4v) is 2.52. The van der Waals surface area contributed by atoms with Crippen LogP contribution in [0.1, 0.15) is 16.1 Å². The van der Waals surface area contributed by atoms with E-state index in [2.05, 4.69) is 39.1 Å². The van der Waals surface area contributed by atoms with Crippen LogP contribution < -0.4 is 4.74 Å². The van der Waals surface area contributed by atoms with Crippen molar-refractivity contribution in [1.29, 1.82) is 0 Å². The van der Waals surface area contributed by atoms with Crippen LogP contribution in [0, 0.1) is 0 Å². The van der Waals surface area contributed by atoms with E-state index in [1.165, 1.54) is 5.39 Å². The van der Waals surface area contributed by atoms with Gasteiger partial charge in [0.2, 0.25) is 0 Å². The monoisotopic (exact) mass is 341 g/mol. The molecule has 104 valence electrons. The van der Waals surface area contributed by atoms with Crippen LogP contribution in [0.3, 0.4) is 0 Å². The molecule has 0 radical (unpaired) electrons. The topological polar surface area (TPSA) is 39.2 Å². The number of pyridine rings is 1. The Kier molecular flexibility index (Phi) is 3.97. The molecule has 0 fully saturated rings. The first-order chi connectivity index (χ1) is 10.3. The molecule has 0 unspecified atom stereocenters. The van der Waals surface area contributed by atoms with Crippen LogP contribution in [0.25, 0.3) is 10.8 Å². The number of benzene rings is 2. The number of hydrogen-bond donors (Lipinski definition) is 0. The predicted molar refractivity (Wildman–Crippen MR) is 85.6 cm³/mol. The molecule has 1 aromatic heterocycles. The van der Waals surface area contributed by atoms with E-state index in [9.17, 15) is 4.79 Å². The molecule has 0 atom stereocenters. The maximum absolute atomic E-state index is 11.0. The number of hydrogen-bond acceptors (Lipinski definition) is 3. The van der Waals surface area contributed by atoms with Crippen molar-refractivity contribution in [3.63, 3.8) is 0 Å². The van der Waals surface area contributed by atoms with Crippen molar-refractivity contribution in [1.82, 2.24) is 4.98 Å². The molecule has 0 aliphatic carbocycles. The number of aldehydes is 1. The van der Waals surface area contributed by atoms with Crippen LogP contribution >= 0.6 is 15.9 Å². The number of ether oxygens (including phenoxy) is 1. The molecule has 1 heterocycles. The minimum absolute atomic E-state index is 0.304. The first kappa shape index (κ1) is 13.8. The lowest BCUT2D eigenvalue weighted by Crippen LogP contribution is -2.00. The Hall–Kier alpha value is -2.20. The minimum atomic E-state index is 0.304. The van der Waals surface area contributed by atoms with Crippen molar-refractivity contribution in [2.24, 2.45) is 0 Å². The van der Waals surface area contributed by atoms with Gasteiger partial charge >= 0.3 is 0 Å². The van der Waals surface area contributed by atoms with E-state index in [1.807, 2.05) is 24.3 Å². The molecular weight excluding hydrogens is 330 g/mol. The summed E-state index contributed by atoms with van der Waals surface area (Å²) in [6.07, 6.45) is 2.28. The minimum Gasteiger partial charge on any atom is -0.486 e. The molecule has 3 rings (SSSR count). The summed E-state index contributed by atoms with van der Waals surface area (Å²) < 4.78 is 6.56. The molecule has 2 aromatic carbocycles. The van der Waals surface area contributed by atoms with Crippen LogP contribution in [-0.2, 0) is 6.61 Å². The molecule has 4 heteroatoms. The normalized spacial score (nSPS) is 10.5. The molecule has 3 nitrogen and oxygen atoms in total.